The summed E-state index contributed by atoms with van der Waals surface area (Å²) >= 11 is 0. The zero-order valence-electron chi connectivity index (χ0n) is 16.0. The van der Waals surface area contributed by atoms with Gasteiger partial charge in [0.25, 0.3) is 0 Å². The summed E-state index contributed by atoms with van der Waals surface area (Å²) in [6.07, 6.45) is 3.54. The molecule has 2 atom stereocenters. The van der Waals surface area contributed by atoms with Gasteiger partial charge in [0.15, 0.2) is 17.3 Å². The van der Waals surface area contributed by atoms with Crippen LogP contribution < -0.4 is 9.47 Å². The van der Waals surface area contributed by atoms with Gasteiger partial charge in [-0.3, -0.25) is 9.80 Å². The standard InChI is InChI=1S/C20H28F2N2O4/c21-15-10-17(22)19-18(11-15)28-16(13-27-19)12-23-6-3-14(4-7-23)2-1-5-24-8-9-26-20(24)25/h10-11,14,16,20,25H,1-9,12-13H2. The first-order chi connectivity index (χ1) is 13.6. The number of hydrogen-bond acceptors (Lipinski definition) is 6. The van der Waals surface area contributed by atoms with Crippen LogP contribution in [0.1, 0.15) is 25.7 Å². The van der Waals surface area contributed by atoms with E-state index in [0.29, 0.717) is 19.1 Å². The van der Waals surface area contributed by atoms with Crippen LogP contribution in [-0.4, -0.2) is 73.4 Å². The number of ether oxygens (including phenoxy) is 3. The zero-order valence-corrected chi connectivity index (χ0v) is 16.0. The molecular formula is C20H28F2N2O4. The molecule has 28 heavy (non-hydrogen) atoms. The van der Waals surface area contributed by atoms with E-state index < -0.39 is 18.0 Å². The summed E-state index contributed by atoms with van der Waals surface area (Å²) in [6.45, 7) is 5.24. The maximum Gasteiger partial charge on any atom is 0.216 e. The van der Waals surface area contributed by atoms with Crippen LogP contribution in [0.3, 0.4) is 0 Å². The topological polar surface area (TPSA) is 54.4 Å². The smallest absolute Gasteiger partial charge is 0.216 e. The average molecular weight is 398 g/mol. The van der Waals surface area contributed by atoms with Gasteiger partial charge in [0.2, 0.25) is 6.41 Å². The Labute approximate surface area is 164 Å². The van der Waals surface area contributed by atoms with Crippen LogP contribution in [0.2, 0.25) is 0 Å². The van der Waals surface area contributed by atoms with E-state index in [2.05, 4.69) is 4.90 Å². The van der Waals surface area contributed by atoms with E-state index in [1.165, 1.54) is 6.07 Å². The predicted molar refractivity (Wildman–Crippen MR) is 98.2 cm³/mol. The Morgan fingerprint density at radius 2 is 1.96 bits per heavy atom. The van der Waals surface area contributed by atoms with E-state index in [0.717, 1.165) is 57.9 Å². The van der Waals surface area contributed by atoms with Crippen LogP contribution in [-0.2, 0) is 4.74 Å². The van der Waals surface area contributed by atoms with Crippen molar-refractivity contribution in [3.8, 4) is 11.5 Å². The second-order valence-electron chi connectivity index (χ2n) is 7.88. The number of rotatable bonds is 6. The van der Waals surface area contributed by atoms with Gasteiger partial charge in [-0.15, -0.1) is 0 Å². The van der Waals surface area contributed by atoms with E-state index in [9.17, 15) is 13.9 Å². The molecule has 1 aromatic carbocycles. The zero-order chi connectivity index (χ0) is 19.5. The number of halogens is 2. The molecule has 6 nitrogen and oxygen atoms in total. The molecular weight excluding hydrogens is 370 g/mol. The van der Waals surface area contributed by atoms with Crippen molar-refractivity contribution in [3.05, 3.63) is 23.8 Å². The van der Waals surface area contributed by atoms with Gasteiger partial charge in [-0.25, -0.2) is 8.78 Å². The maximum atomic E-state index is 13.7. The molecule has 1 N–H and O–H groups in total. The molecule has 3 aliphatic rings. The summed E-state index contributed by atoms with van der Waals surface area (Å²) in [6, 6.07) is 1.99. The van der Waals surface area contributed by atoms with E-state index in [4.69, 9.17) is 14.2 Å². The molecule has 0 amide bonds. The fourth-order valence-electron chi connectivity index (χ4n) is 4.29. The highest BCUT2D eigenvalue weighted by atomic mass is 19.1. The second kappa shape index (κ2) is 8.90. The van der Waals surface area contributed by atoms with E-state index in [-0.39, 0.29) is 24.2 Å². The predicted octanol–water partition coefficient (Wildman–Crippen LogP) is 2.20. The lowest BCUT2D eigenvalue weighted by Gasteiger charge is -2.35. The highest BCUT2D eigenvalue weighted by Crippen LogP contribution is 2.35. The lowest BCUT2D eigenvalue weighted by Crippen LogP contribution is -2.44. The molecule has 0 aromatic heterocycles. The summed E-state index contributed by atoms with van der Waals surface area (Å²) in [5, 5.41) is 9.64. The quantitative estimate of drug-likeness (QED) is 0.793. The summed E-state index contributed by atoms with van der Waals surface area (Å²) in [7, 11) is 0. The molecule has 156 valence electrons. The third-order valence-electron chi connectivity index (χ3n) is 5.87. The molecule has 1 aromatic rings. The van der Waals surface area contributed by atoms with Crippen LogP contribution in [0.4, 0.5) is 8.78 Å². The third kappa shape index (κ3) is 4.74. The Morgan fingerprint density at radius 1 is 1.14 bits per heavy atom. The first-order valence-corrected chi connectivity index (χ1v) is 10.1. The SMILES string of the molecule is OC1OCCN1CCCC1CCN(CC2COc3c(F)cc(F)cc3O2)CC1. The number of aliphatic hydroxyl groups excluding tert-OH is 1. The molecule has 2 saturated heterocycles. The number of fused-ring (bicyclic) bond motifs is 1. The molecule has 3 heterocycles. The third-order valence-corrected chi connectivity index (χ3v) is 5.87. The fraction of sp³-hybridized carbons (Fsp3) is 0.700. The first kappa shape index (κ1) is 19.8. The summed E-state index contributed by atoms with van der Waals surface area (Å²) in [5.41, 5.74) is 0. The van der Waals surface area contributed by atoms with E-state index >= 15 is 0 Å². The van der Waals surface area contributed by atoms with Crippen molar-refractivity contribution in [2.75, 3.05) is 45.9 Å². The molecule has 0 aliphatic carbocycles. The maximum absolute atomic E-state index is 13.7. The Kier molecular flexibility index (Phi) is 6.30. The van der Waals surface area contributed by atoms with Crippen molar-refractivity contribution in [2.45, 2.75) is 38.2 Å². The van der Waals surface area contributed by atoms with Crippen molar-refractivity contribution in [1.82, 2.24) is 9.80 Å². The molecule has 0 bridgehead atoms. The molecule has 2 unspecified atom stereocenters. The molecule has 0 radical (unpaired) electrons. The van der Waals surface area contributed by atoms with Crippen molar-refractivity contribution in [3.63, 3.8) is 0 Å². The number of likely N-dealkylation sites (tertiary alicyclic amines) is 1. The summed E-state index contributed by atoms with van der Waals surface area (Å²) < 4.78 is 43.5. The molecule has 2 fully saturated rings. The minimum Gasteiger partial charge on any atom is -0.483 e. The molecule has 4 rings (SSSR count). The lowest BCUT2D eigenvalue weighted by molar-refractivity contribution is -0.133. The Hall–Kier alpha value is -1.48. The van der Waals surface area contributed by atoms with E-state index in [1.54, 1.807) is 0 Å². The van der Waals surface area contributed by atoms with E-state index in [1.807, 2.05) is 4.90 Å². The van der Waals surface area contributed by atoms with Gasteiger partial charge in [0.1, 0.15) is 18.5 Å². The highest BCUT2D eigenvalue weighted by Gasteiger charge is 2.28. The lowest BCUT2D eigenvalue weighted by atomic mass is 9.92. The Morgan fingerprint density at radius 3 is 2.71 bits per heavy atom. The van der Waals surface area contributed by atoms with Crippen molar-refractivity contribution in [1.29, 1.82) is 0 Å². The van der Waals surface area contributed by atoms with Crippen LogP contribution in [0, 0.1) is 17.6 Å². The molecule has 0 saturated carbocycles. The van der Waals surface area contributed by atoms with Gasteiger partial charge in [-0.1, -0.05) is 0 Å². The molecule has 3 aliphatic heterocycles. The van der Waals surface area contributed by atoms with Crippen LogP contribution >= 0.6 is 0 Å². The Balaban J connectivity index is 1.18. The number of aliphatic hydroxyl groups is 1. The van der Waals surface area contributed by atoms with Crippen LogP contribution in [0.25, 0.3) is 0 Å². The number of nitrogens with zero attached hydrogens (tertiary/aromatic N) is 2. The summed E-state index contributed by atoms with van der Waals surface area (Å²) in [5.74, 6) is -0.525. The molecule has 8 heteroatoms. The normalized spacial score (nSPS) is 26.7. The van der Waals surface area contributed by atoms with Crippen molar-refractivity contribution in [2.24, 2.45) is 5.92 Å². The second-order valence-corrected chi connectivity index (χ2v) is 7.88. The van der Waals surface area contributed by atoms with Gasteiger partial charge in [0.05, 0.1) is 6.61 Å². The van der Waals surface area contributed by atoms with Gasteiger partial charge in [-0.05, 0) is 44.7 Å². The number of hydrogen-bond donors (Lipinski definition) is 1. The number of benzene rings is 1. The first-order valence-electron chi connectivity index (χ1n) is 10.1. The van der Waals surface area contributed by atoms with Crippen molar-refractivity contribution < 1.29 is 28.1 Å². The minimum atomic E-state index is -0.730. The highest BCUT2D eigenvalue weighted by molar-refractivity contribution is 5.42. The largest absolute Gasteiger partial charge is 0.483 e. The monoisotopic (exact) mass is 398 g/mol. The van der Waals surface area contributed by atoms with Gasteiger partial charge in [0, 0.05) is 31.8 Å². The van der Waals surface area contributed by atoms with Gasteiger partial charge in [-0.2, -0.15) is 0 Å². The summed E-state index contributed by atoms with van der Waals surface area (Å²) in [4.78, 5) is 4.31. The van der Waals surface area contributed by atoms with Crippen LogP contribution in [0.15, 0.2) is 12.1 Å². The Bertz CT molecular complexity index is 670. The minimum absolute atomic E-state index is 0.00452. The number of piperidine rings is 1. The van der Waals surface area contributed by atoms with Crippen molar-refractivity contribution >= 4 is 0 Å². The fourth-order valence-corrected chi connectivity index (χ4v) is 4.29. The molecule has 0 spiro atoms. The van der Waals surface area contributed by atoms with Gasteiger partial charge >= 0.3 is 0 Å². The van der Waals surface area contributed by atoms with Gasteiger partial charge < -0.3 is 19.3 Å². The average Bonchev–Trinajstić information content (AvgIpc) is 3.08. The van der Waals surface area contributed by atoms with Crippen LogP contribution in [0.5, 0.6) is 11.5 Å².